The smallest absolute Gasteiger partial charge is 0.356 e. The van der Waals surface area contributed by atoms with E-state index in [1.807, 2.05) is 0 Å². The zero-order chi connectivity index (χ0) is 16.6. The van der Waals surface area contributed by atoms with Gasteiger partial charge in [0, 0.05) is 13.0 Å². The lowest BCUT2D eigenvalue weighted by Crippen LogP contribution is -2.35. The van der Waals surface area contributed by atoms with Crippen molar-refractivity contribution in [1.29, 1.82) is 0 Å². The number of piperidine rings is 1. The molecule has 1 unspecified atom stereocenters. The molecule has 1 fully saturated rings. The number of alkyl halides is 3. The molecule has 1 atom stereocenters. The number of nitrogens with zero attached hydrogens (tertiary/aromatic N) is 1. The van der Waals surface area contributed by atoms with Gasteiger partial charge in [-0.3, -0.25) is 9.69 Å². The first-order valence-corrected chi connectivity index (χ1v) is 8.00. The van der Waals surface area contributed by atoms with Crippen molar-refractivity contribution in [3.8, 4) is 0 Å². The first-order valence-electron chi connectivity index (χ1n) is 8.00. The van der Waals surface area contributed by atoms with Crippen LogP contribution in [0.5, 0.6) is 0 Å². The van der Waals surface area contributed by atoms with Gasteiger partial charge in [0.05, 0.1) is 6.54 Å². The van der Waals surface area contributed by atoms with Crippen molar-refractivity contribution in [1.82, 2.24) is 15.5 Å². The van der Waals surface area contributed by atoms with Crippen LogP contribution in [0.25, 0.3) is 0 Å². The number of carbonyl (C=O) groups excluding carboxylic acids is 1. The minimum absolute atomic E-state index is 0.00417. The van der Waals surface area contributed by atoms with E-state index >= 15 is 0 Å². The summed E-state index contributed by atoms with van der Waals surface area (Å²) in [5, 5.41) is 6.11. The molecule has 1 amide bonds. The molecule has 22 heavy (non-hydrogen) atoms. The molecule has 1 aliphatic heterocycles. The van der Waals surface area contributed by atoms with Crippen LogP contribution in [0.4, 0.5) is 13.2 Å². The lowest BCUT2D eigenvalue weighted by atomic mass is 9.84. The average molecular weight is 323 g/mol. The van der Waals surface area contributed by atoms with Gasteiger partial charge in [-0.25, -0.2) is 0 Å². The second-order valence-corrected chi connectivity index (χ2v) is 6.33. The molecule has 0 spiro atoms. The van der Waals surface area contributed by atoms with Crippen molar-refractivity contribution in [2.24, 2.45) is 11.8 Å². The standard InChI is InChI=1S/C15H28F3N3O/c1-12(13-4-7-19-8-5-13)10-14(22)20-6-3-9-21(2)11-15(16,17)18/h12-13,19H,3-11H2,1-2H3,(H,20,22). The summed E-state index contributed by atoms with van der Waals surface area (Å²) in [7, 11) is 1.44. The van der Waals surface area contributed by atoms with Crippen LogP contribution >= 0.6 is 0 Å². The highest BCUT2D eigenvalue weighted by atomic mass is 19.4. The molecule has 1 rings (SSSR count). The van der Waals surface area contributed by atoms with E-state index in [4.69, 9.17) is 0 Å². The fourth-order valence-corrected chi connectivity index (χ4v) is 2.91. The number of hydrogen-bond acceptors (Lipinski definition) is 3. The molecule has 0 aromatic heterocycles. The second kappa shape index (κ2) is 9.35. The van der Waals surface area contributed by atoms with Crippen LogP contribution in [0.3, 0.4) is 0 Å². The van der Waals surface area contributed by atoms with Crippen LogP contribution in [0.2, 0.25) is 0 Å². The molecule has 0 aromatic rings. The Kier molecular flexibility index (Phi) is 8.17. The number of amides is 1. The third-order valence-corrected chi connectivity index (χ3v) is 4.18. The fourth-order valence-electron chi connectivity index (χ4n) is 2.91. The predicted molar refractivity (Wildman–Crippen MR) is 80.6 cm³/mol. The highest BCUT2D eigenvalue weighted by molar-refractivity contribution is 5.76. The molecule has 0 aliphatic carbocycles. The van der Waals surface area contributed by atoms with Gasteiger partial charge in [-0.15, -0.1) is 0 Å². The Bertz CT molecular complexity index is 330. The van der Waals surface area contributed by atoms with Gasteiger partial charge in [-0.05, 0) is 57.8 Å². The van der Waals surface area contributed by atoms with Crippen LogP contribution < -0.4 is 10.6 Å². The Morgan fingerprint density at radius 2 is 2.00 bits per heavy atom. The van der Waals surface area contributed by atoms with Gasteiger partial charge in [0.15, 0.2) is 0 Å². The second-order valence-electron chi connectivity index (χ2n) is 6.33. The van der Waals surface area contributed by atoms with Crippen LogP contribution in [0.15, 0.2) is 0 Å². The van der Waals surface area contributed by atoms with Gasteiger partial charge in [-0.2, -0.15) is 13.2 Å². The summed E-state index contributed by atoms with van der Waals surface area (Å²) in [6.07, 6.45) is -0.918. The van der Waals surface area contributed by atoms with Gasteiger partial charge >= 0.3 is 6.18 Å². The van der Waals surface area contributed by atoms with E-state index < -0.39 is 12.7 Å². The summed E-state index contributed by atoms with van der Waals surface area (Å²) in [5.41, 5.74) is 0. The van der Waals surface area contributed by atoms with Gasteiger partial charge in [0.25, 0.3) is 0 Å². The molecule has 0 saturated carbocycles. The average Bonchev–Trinajstić information content (AvgIpc) is 2.42. The summed E-state index contributed by atoms with van der Waals surface area (Å²) in [5.74, 6) is 0.949. The maximum absolute atomic E-state index is 12.1. The molecule has 4 nitrogen and oxygen atoms in total. The Morgan fingerprint density at radius 1 is 1.36 bits per heavy atom. The molecule has 1 saturated heterocycles. The van der Waals surface area contributed by atoms with Crippen LogP contribution in [-0.2, 0) is 4.79 Å². The summed E-state index contributed by atoms with van der Waals surface area (Å²) in [4.78, 5) is 13.1. The Labute approximate surface area is 130 Å². The Hall–Kier alpha value is -0.820. The maximum atomic E-state index is 12.1. The van der Waals surface area contributed by atoms with Crippen LogP contribution in [0, 0.1) is 11.8 Å². The van der Waals surface area contributed by atoms with Gasteiger partial charge in [0.2, 0.25) is 5.91 Å². The molecule has 2 N–H and O–H groups in total. The van der Waals surface area contributed by atoms with E-state index in [0.29, 0.717) is 37.8 Å². The molecular weight excluding hydrogens is 295 g/mol. The molecule has 0 radical (unpaired) electrons. The van der Waals surface area contributed by atoms with Crippen molar-refractivity contribution in [2.45, 2.75) is 38.8 Å². The highest BCUT2D eigenvalue weighted by Crippen LogP contribution is 2.24. The normalized spacial score (nSPS) is 18.5. The number of hydrogen-bond donors (Lipinski definition) is 2. The predicted octanol–water partition coefficient (Wildman–Crippen LogP) is 2.01. The van der Waals surface area contributed by atoms with Crippen molar-refractivity contribution in [3.63, 3.8) is 0 Å². The van der Waals surface area contributed by atoms with Gasteiger partial charge < -0.3 is 10.6 Å². The van der Waals surface area contributed by atoms with E-state index in [-0.39, 0.29) is 5.91 Å². The summed E-state index contributed by atoms with van der Waals surface area (Å²) in [6, 6.07) is 0. The van der Waals surface area contributed by atoms with E-state index in [2.05, 4.69) is 17.6 Å². The minimum Gasteiger partial charge on any atom is -0.356 e. The number of rotatable bonds is 8. The molecule has 0 aromatic carbocycles. The zero-order valence-corrected chi connectivity index (χ0v) is 13.5. The van der Waals surface area contributed by atoms with Gasteiger partial charge in [-0.1, -0.05) is 6.92 Å². The zero-order valence-electron chi connectivity index (χ0n) is 13.5. The lowest BCUT2D eigenvalue weighted by Gasteiger charge is -2.27. The van der Waals surface area contributed by atoms with Crippen molar-refractivity contribution in [3.05, 3.63) is 0 Å². The van der Waals surface area contributed by atoms with Crippen LogP contribution in [-0.4, -0.2) is 56.8 Å². The molecular formula is C15H28F3N3O. The number of halogens is 3. The molecule has 0 bridgehead atoms. The monoisotopic (exact) mass is 323 g/mol. The van der Waals surface area contributed by atoms with Crippen molar-refractivity contribution < 1.29 is 18.0 Å². The van der Waals surface area contributed by atoms with Gasteiger partial charge in [0.1, 0.15) is 0 Å². The van der Waals surface area contributed by atoms with E-state index in [0.717, 1.165) is 25.9 Å². The Balaban J connectivity index is 2.10. The molecule has 7 heteroatoms. The first kappa shape index (κ1) is 19.2. The fraction of sp³-hybridized carbons (Fsp3) is 0.933. The lowest BCUT2D eigenvalue weighted by molar-refractivity contribution is -0.143. The van der Waals surface area contributed by atoms with E-state index in [1.54, 1.807) is 0 Å². The van der Waals surface area contributed by atoms with Crippen LogP contribution in [0.1, 0.15) is 32.6 Å². The minimum atomic E-state index is -4.16. The number of nitrogens with one attached hydrogen (secondary N) is 2. The largest absolute Gasteiger partial charge is 0.401 e. The molecule has 1 aliphatic rings. The summed E-state index contributed by atoms with van der Waals surface area (Å²) >= 11 is 0. The molecule has 130 valence electrons. The van der Waals surface area contributed by atoms with E-state index in [9.17, 15) is 18.0 Å². The quantitative estimate of drug-likeness (QED) is 0.672. The third-order valence-electron chi connectivity index (χ3n) is 4.18. The number of carbonyl (C=O) groups is 1. The van der Waals surface area contributed by atoms with Crippen molar-refractivity contribution >= 4 is 5.91 Å². The Morgan fingerprint density at radius 3 is 2.59 bits per heavy atom. The molecule has 1 heterocycles. The SMILES string of the molecule is CC(CC(=O)NCCCN(C)CC(F)(F)F)C1CCNCC1. The third kappa shape index (κ3) is 8.58. The topological polar surface area (TPSA) is 44.4 Å². The summed E-state index contributed by atoms with van der Waals surface area (Å²) in [6.45, 7) is 3.98. The summed E-state index contributed by atoms with van der Waals surface area (Å²) < 4.78 is 36.4. The maximum Gasteiger partial charge on any atom is 0.401 e. The first-order chi connectivity index (χ1) is 10.3. The van der Waals surface area contributed by atoms with Crippen molar-refractivity contribution in [2.75, 3.05) is 39.8 Å². The highest BCUT2D eigenvalue weighted by Gasteiger charge is 2.28. The van der Waals surface area contributed by atoms with E-state index in [1.165, 1.54) is 11.9 Å².